The van der Waals surface area contributed by atoms with Crippen LogP contribution in [0.5, 0.6) is 0 Å². The molecule has 5 heteroatoms. The first-order chi connectivity index (χ1) is 9.45. The topological polar surface area (TPSA) is 44.5 Å². The van der Waals surface area contributed by atoms with E-state index in [4.69, 9.17) is 27.4 Å². The van der Waals surface area contributed by atoms with Crippen LogP contribution in [0.2, 0.25) is 0 Å². The van der Waals surface area contributed by atoms with Crippen LogP contribution in [0.25, 0.3) is 0 Å². The molecule has 2 N–H and O–H groups in total. The summed E-state index contributed by atoms with van der Waals surface area (Å²) >= 11 is 4.83. The second-order valence-electron chi connectivity index (χ2n) is 5.34. The lowest BCUT2D eigenvalue weighted by Gasteiger charge is -2.32. The Labute approximate surface area is 124 Å². The highest BCUT2D eigenvalue weighted by atomic mass is 32.1. The van der Waals surface area contributed by atoms with Gasteiger partial charge in [-0.2, -0.15) is 0 Å². The highest BCUT2D eigenvalue weighted by Crippen LogP contribution is 2.23. The number of hydrogen-bond acceptors (Lipinski definition) is 3. The first-order valence-electron chi connectivity index (χ1n) is 6.81. The molecule has 0 spiro atoms. The lowest BCUT2D eigenvalue weighted by atomic mass is 10.0. The average molecular weight is 297 g/mol. The Balaban J connectivity index is 1.97. The molecule has 1 aliphatic rings. The molecule has 1 fully saturated rings. The average Bonchev–Trinajstić information content (AvgIpc) is 2.36. The second kappa shape index (κ2) is 6.61. The number of halogens is 1. The summed E-state index contributed by atoms with van der Waals surface area (Å²) in [5, 5.41) is 0. The van der Waals surface area contributed by atoms with Crippen LogP contribution in [0.15, 0.2) is 18.2 Å². The van der Waals surface area contributed by atoms with Gasteiger partial charge in [0, 0.05) is 5.56 Å². The van der Waals surface area contributed by atoms with Gasteiger partial charge in [-0.3, -0.25) is 0 Å². The van der Waals surface area contributed by atoms with Gasteiger partial charge in [0.05, 0.1) is 24.9 Å². The monoisotopic (exact) mass is 297 g/mol. The maximum atomic E-state index is 13.5. The third-order valence-corrected chi connectivity index (χ3v) is 3.66. The molecule has 1 aromatic carbocycles. The van der Waals surface area contributed by atoms with E-state index in [9.17, 15) is 4.39 Å². The van der Waals surface area contributed by atoms with Crippen molar-refractivity contribution < 1.29 is 13.9 Å². The Bertz CT molecular complexity index is 485. The van der Waals surface area contributed by atoms with Gasteiger partial charge in [-0.25, -0.2) is 4.39 Å². The van der Waals surface area contributed by atoms with Crippen LogP contribution >= 0.6 is 12.2 Å². The van der Waals surface area contributed by atoms with E-state index >= 15 is 0 Å². The second-order valence-corrected chi connectivity index (χ2v) is 5.78. The minimum absolute atomic E-state index is 0.0673. The van der Waals surface area contributed by atoms with Crippen molar-refractivity contribution in [3.05, 3.63) is 35.1 Å². The number of rotatable bonds is 4. The van der Waals surface area contributed by atoms with E-state index in [-0.39, 0.29) is 28.9 Å². The fourth-order valence-electron chi connectivity index (χ4n) is 2.55. The molecular formula is C15H20FNO2S. The van der Waals surface area contributed by atoms with Crippen molar-refractivity contribution in [1.29, 1.82) is 0 Å². The summed E-state index contributed by atoms with van der Waals surface area (Å²) in [6.45, 7) is 4.53. The molecular weight excluding hydrogens is 277 g/mol. The van der Waals surface area contributed by atoms with Gasteiger partial charge in [-0.1, -0.05) is 18.3 Å². The Kier molecular flexibility index (Phi) is 5.07. The summed E-state index contributed by atoms with van der Waals surface area (Å²) in [6, 6.07) is 4.73. The molecule has 1 heterocycles. The number of thiocarbonyl (C=S) groups is 1. The highest BCUT2D eigenvalue weighted by molar-refractivity contribution is 7.80. The molecule has 3 nitrogen and oxygen atoms in total. The highest BCUT2D eigenvalue weighted by Gasteiger charge is 2.24. The molecule has 0 amide bonds. The van der Waals surface area contributed by atoms with E-state index < -0.39 is 5.82 Å². The van der Waals surface area contributed by atoms with Gasteiger partial charge in [-0.05, 0) is 44.4 Å². The summed E-state index contributed by atoms with van der Waals surface area (Å²) in [6.07, 6.45) is 2.36. The Morgan fingerprint density at radius 1 is 1.40 bits per heavy atom. The zero-order valence-electron chi connectivity index (χ0n) is 11.8. The molecule has 0 aromatic heterocycles. The first-order valence-corrected chi connectivity index (χ1v) is 7.22. The van der Waals surface area contributed by atoms with Gasteiger partial charge in [0.15, 0.2) is 0 Å². The lowest BCUT2D eigenvalue weighted by Crippen LogP contribution is -2.34. The van der Waals surface area contributed by atoms with Crippen LogP contribution in [-0.4, -0.2) is 23.3 Å². The standard InChI is InChI=1S/C15H20FNO2S/c1-9-5-12(6-10(2)19-9)18-8-11-3-4-14(16)13(7-11)15(17)20/h3-4,7,9-10,12H,5-6,8H2,1-2H3,(H2,17,20). The van der Waals surface area contributed by atoms with E-state index in [1.807, 2.05) is 0 Å². The van der Waals surface area contributed by atoms with Crippen LogP contribution in [-0.2, 0) is 16.1 Å². The molecule has 0 bridgehead atoms. The normalized spacial score (nSPS) is 26.4. The van der Waals surface area contributed by atoms with Crippen LogP contribution in [0.1, 0.15) is 37.8 Å². The van der Waals surface area contributed by atoms with Crippen molar-refractivity contribution in [2.75, 3.05) is 0 Å². The van der Waals surface area contributed by atoms with E-state index in [2.05, 4.69) is 13.8 Å². The van der Waals surface area contributed by atoms with E-state index in [0.717, 1.165) is 18.4 Å². The van der Waals surface area contributed by atoms with Gasteiger partial charge < -0.3 is 15.2 Å². The van der Waals surface area contributed by atoms with Gasteiger partial charge >= 0.3 is 0 Å². The van der Waals surface area contributed by atoms with E-state index in [0.29, 0.717) is 6.61 Å². The molecule has 0 aliphatic carbocycles. The van der Waals surface area contributed by atoms with Gasteiger partial charge in [0.2, 0.25) is 0 Å². The smallest absolute Gasteiger partial charge is 0.133 e. The van der Waals surface area contributed by atoms with Crippen molar-refractivity contribution in [2.45, 2.75) is 51.6 Å². The Hall–Kier alpha value is -1.04. The Morgan fingerprint density at radius 3 is 2.65 bits per heavy atom. The molecule has 0 saturated carbocycles. The third kappa shape index (κ3) is 3.98. The molecule has 110 valence electrons. The van der Waals surface area contributed by atoms with Crippen molar-refractivity contribution in [3.8, 4) is 0 Å². The van der Waals surface area contributed by atoms with Crippen LogP contribution in [0.4, 0.5) is 4.39 Å². The molecule has 1 saturated heterocycles. The van der Waals surface area contributed by atoms with E-state index in [1.165, 1.54) is 6.07 Å². The molecule has 2 atom stereocenters. The van der Waals surface area contributed by atoms with Gasteiger partial charge in [0.1, 0.15) is 10.8 Å². The maximum Gasteiger partial charge on any atom is 0.133 e. The molecule has 2 unspecified atom stereocenters. The predicted octanol–water partition coefficient (Wildman–Crippen LogP) is 2.93. The number of nitrogens with two attached hydrogens (primary N) is 1. The minimum atomic E-state index is -0.394. The SMILES string of the molecule is CC1CC(OCc2ccc(F)c(C(N)=S)c2)CC(C)O1. The summed E-state index contributed by atoms with van der Waals surface area (Å²) in [7, 11) is 0. The lowest BCUT2D eigenvalue weighted by molar-refractivity contribution is -0.106. The number of hydrogen-bond donors (Lipinski definition) is 1. The van der Waals surface area contributed by atoms with Crippen LogP contribution < -0.4 is 5.73 Å². The summed E-state index contributed by atoms with van der Waals surface area (Å²) in [4.78, 5) is 0.0673. The van der Waals surface area contributed by atoms with E-state index in [1.54, 1.807) is 12.1 Å². The van der Waals surface area contributed by atoms with Crippen molar-refractivity contribution in [2.24, 2.45) is 5.73 Å². The summed E-state index contributed by atoms with van der Waals surface area (Å²) < 4.78 is 25.1. The number of benzene rings is 1. The first kappa shape index (κ1) is 15.4. The number of ether oxygens (including phenoxy) is 2. The van der Waals surface area contributed by atoms with Crippen LogP contribution in [0.3, 0.4) is 0 Å². The van der Waals surface area contributed by atoms with Crippen LogP contribution in [0, 0.1) is 5.82 Å². The Morgan fingerprint density at radius 2 is 2.05 bits per heavy atom. The quantitative estimate of drug-likeness (QED) is 0.868. The third-order valence-electron chi connectivity index (χ3n) is 3.44. The molecule has 20 heavy (non-hydrogen) atoms. The largest absolute Gasteiger partial charge is 0.389 e. The molecule has 2 rings (SSSR count). The zero-order chi connectivity index (χ0) is 14.7. The maximum absolute atomic E-state index is 13.5. The van der Waals surface area contributed by atoms with Gasteiger partial charge in [0.25, 0.3) is 0 Å². The van der Waals surface area contributed by atoms with Gasteiger partial charge in [-0.15, -0.1) is 0 Å². The molecule has 1 aliphatic heterocycles. The molecule has 1 aromatic rings. The fourth-order valence-corrected chi connectivity index (χ4v) is 2.70. The molecule has 0 radical (unpaired) electrons. The van der Waals surface area contributed by atoms with Crippen molar-refractivity contribution >= 4 is 17.2 Å². The van der Waals surface area contributed by atoms with Crippen molar-refractivity contribution in [1.82, 2.24) is 0 Å². The predicted molar refractivity (Wildman–Crippen MR) is 80.1 cm³/mol. The minimum Gasteiger partial charge on any atom is -0.389 e. The summed E-state index contributed by atoms with van der Waals surface area (Å²) in [5.74, 6) is -0.394. The zero-order valence-corrected chi connectivity index (χ0v) is 12.6. The van der Waals surface area contributed by atoms with Crippen molar-refractivity contribution in [3.63, 3.8) is 0 Å². The summed E-state index contributed by atoms with van der Waals surface area (Å²) in [5.41, 5.74) is 6.64. The fraction of sp³-hybridized carbons (Fsp3) is 0.533.